The second kappa shape index (κ2) is 9.26. The number of aliphatic hydroxyl groups excluding tert-OH is 2. The standard InChI is InChI=1S/C20H34N2O4/c1-19(2)14-18(22(25-12-10-23)26-13-11-24)15-20(3,4)21(19)16-17-8-6-5-7-9-17/h5-9,18,23-24H,10-16H2,1-4H3. The predicted molar refractivity (Wildman–Crippen MR) is 101 cm³/mol. The van der Waals surface area contributed by atoms with Gasteiger partial charge in [-0.3, -0.25) is 14.6 Å². The first-order valence-electron chi connectivity index (χ1n) is 9.38. The highest BCUT2D eigenvalue weighted by atomic mass is 17.0. The number of piperidine rings is 1. The molecule has 1 fully saturated rings. The maximum absolute atomic E-state index is 9.09. The van der Waals surface area contributed by atoms with Gasteiger partial charge in [0.2, 0.25) is 0 Å². The number of hydrogen-bond donors (Lipinski definition) is 2. The van der Waals surface area contributed by atoms with Crippen LogP contribution in [0.5, 0.6) is 0 Å². The van der Waals surface area contributed by atoms with Gasteiger partial charge in [-0.15, -0.1) is 0 Å². The van der Waals surface area contributed by atoms with Gasteiger partial charge in [-0.25, -0.2) is 0 Å². The topological polar surface area (TPSA) is 65.4 Å². The van der Waals surface area contributed by atoms with Gasteiger partial charge in [0.15, 0.2) is 0 Å². The van der Waals surface area contributed by atoms with Gasteiger partial charge in [0.1, 0.15) is 0 Å². The fourth-order valence-electron chi connectivity index (χ4n) is 4.12. The molecule has 6 nitrogen and oxygen atoms in total. The zero-order valence-corrected chi connectivity index (χ0v) is 16.5. The highest BCUT2D eigenvalue weighted by Crippen LogP contribution is 2.41. The molecule has 1 aromatic carbocycles. The van der Waals surface area contributed by atoms with Crippen LogP contribution in [0.25, 0.3) is 0 Å². The monoisotopic (exact) mass is 366 g/mol. The van der Waals surface area contributed by atoms with Gasteiger partial charge < -0.3 is 10.2 Å². The van der Waals surface area contributed by atoms with E-state index < -0.39 is 0 Å². The van der Waals surface area contributed by atoms with Crippen molar-refractivity contribution in [2.45, 2.75) is 64.2 Å². The number of rotatable bonds is 9. The van der Waals surface area contributed by atoms with Crippen LogP contribution in [-0.2, 0) is 16.2 Å². The molecule has 0 radical (unpaired) electrons. The molecular formula is C20H34N2O4. The van der Waals surface area contributed by atoms with E-state index in [2.05, 4.69) is 56.9 Å². The van der Waals surface area contributed by atoms with E-state index >= 15 is 0 Å². The van der Waals surface area contributed by atoms with Gasteiger partial charge in [-0.05, 0) is 46.1 Å². The lowest BCUT2D eigenvalue weighted by molar-refractivity contribution is -0.400. The number of nitrogens with zero attached hydrogens (tertiary/aromatic N) is 2. The van der Waals surface area contributed by atoms with E-state index in [1.165, 1.54) is 10.8 Å². The van der Waals surface area contributed by atoms with Crippen LogP contribution in [0.4, 0.5) is 0 Å². The van der Waals surface area contributed by atoms with Gasteiger partial charge >= 0.3 is 0 Å². The van der Waals surface area contributed by atoms with Crippen LogP contribution in [-0.4, -0.2) is 63.9 Å². The molecule has 1 aliphatic heterocycles. The molecule has 0 bridgehead atoms. The SMILES string of the molecule is CC1(C)CC(N(OCCO)OCCO)CC(C)(C)N1Cc1ccccc1. The molecule has 2 rings (SSSR count). The molecular weight excluding hydrogens is 332 g/mol. The van der Waals surface area contributed by atoms with E-state index in [9.17, 15) is 0 Å². The molecule has 1 aliphatic rings. The second-order valence-electron chi connectivity index (χ2n) is 8.16. The first-order valence-corrected chi connectivity index (χ1v) is 9.38. The third-order valence-corrected chi connectivity index (χ3v) is 5.03. The summed E-state index contributed by atoms with van der Waals surface area (Å²) in [6.07, 6.45) is 1.72. The van der Waals surface area contributed by atoms with Gasteiger partial charge in [0.25, 0.3) is 0 Å². The summed E-state index contributed by atoms with van der Waals surface area (Å²) >= 11 is 0. The lowest BCUT2D eigenvalue weighted by Crippen LogP contribution is -2.63. The van der Waals surface area contributed by atoms with E-state index in [1.807, 2.05) is 6.07 Å². The zero-order valence-electron chi connectivity index (χ0n) is 16.5. The molecule has 1 aromatic rings. The molecule has 148 valence electrons. The van der Waals surface area contributed by atoms with Crippen molar-refractivity contribution in [2.24, 2.45) is 0 Å². The summed E-state index contributed by atoms with van der Waals surface area (Å²) in [6, 6.07) is 10.6. The Bertz CT molecular complexity index is 510. The molecule has 0 amide bonds. The Morgan fingerprint density at radius 1 is 0.962 bits per heavy atom. The van der Waals surface area contributed by atoms with Crippen LogP contribution in [0.3, 0.4) is 0 Å². The highest BCUT2D eigenvalue weighted by molar-refractivity contribution is 5.16. The van der Waals surface area contributed by atoms with Gasteiger partial charge in [-0.1, -0.05) is 35.6 Å². The molecule has 2 N–H and O–H groups in total. The fourth-order valence-corrected chi connectivity index (χ4v) is 4.12. The summed E-state index contributed by atoms with van der Waals surface area (Å²) in [7, 11) is 0. The van der Waals surface area contributed by atoms with E-state index in [4.69, 9.17) is 19.9 Å². The summed E-state index contributed by atoms with van der Waals surface area (Å²) in [5.74, 6) is 0. The second-order valence-corrected chi connectivity index (χ2v) is 8.16. The molecule has 6 heteroatoms. The molecule has 1 heterocycles. The van der Waals surface area contributed by atoms with E-state index in [-0.39, 0.29) is 43.5 Å². The van der Waals surface area contributed by atoms with Crippen LogP contribution < -0.4 is 0 Å². The molecule has 0 saturated carbocycles. The van der Waals surface area contributed by atoms with Crippen LogP contribution in [0.1, 0.15) is 46.1 Å². The zero-order chi connectivity index (χ0) is 19.2. The van der Waals surface area contributed by atoms with Crippen molar-refractivity contribution in [2.75, 3.05) is 26.4 Å². The minimum absolute atomic E-state index is 0.0464. The lowest BCUT2D eigenvalue weighted by atomic mass is 9.76. The molecule has 0 atom stereocenters. The van der Waals surface area contributed by atoms with Crippen LogP contribution >= 0.6 is 0 Å². The van der Waals surface area contributed by atoms with E-state index in [0.29, 0.717) is 0 Å². The molecule has 26 heavy (non-hydrogen) atoms. The van der Waals surface area contributed by atoms with Gasteiger partial charge in [-0.2, -0.15) is 0 Å². The number of aliphatic hydroxyl groups is 2. The Morgan fingerprint density at radius 2 is 1.46 bits per heavy atom. The Labute approximate surface area is 157 Å². The third-order valence-electron chi connectivity index (χ3n) is 5.03. The van der Waals surface area contributed by atoms with Crippen molar-refractivity contribution in [1.29, 1.82) is 0 Å². The number of hydrogen-bond acceptors (Lipinski definition) is 6. The Kier molecular flexibility index (Phi) is 7.58. The number of hydroxylamine groups is 2. The Hall–Kier alpha value is -1.02. The summed E-state index contributed by atoms with van der Waals surface area (Å²) in [5.41, 5.74) is 1.18. The summed E-state index contributed by atoms with van der Waals surface area (Å²) in [6.45, 7) is 10.1. The molecule has 0 aliphatic carbocycles. The van der Waals surface area contributed by atoms with Crippen LogP contribution in [0.15, 0.2) is 30.3 Å². The molecule has 0 spiro atoms. The average molecular weight is 367 g/mol. The predicted octanol–water partition coefficient (Wildman–Crippen LogP) is 2.36. The minimum atomic E-state index is -0.0708. The number of likely N-dealkylation sites (tertiary alicyclic amines) is 1. The molecule has 1 saturated heterocycles. The smallest absolute Gasteiger partial charge is 0.0942 e. The van der Waals surface area contributed by atoms with Gasteiger partial charge in [0, 0.05) is 17.6 Å². The highest BCUT2D eigenvalue weighted by Gasteiger charge is 2.47. The van der Waals surface area contributed by atoms with Crippen LogP contribution in [0.2, 0.25) is 0 Å². The lowest BCUT2D eigenvalue weighted by Gasteiger charge is -2.56. The van der Waals surface area contributed by atoms with Crippen LogP contribution in [0, 0.1) is 0 Å². The normalized spacial score (nSPS) is 20.6. The first-order chi connectivity index (χ1) is 12.3. The van der Waals surface area contributed by atoms with Crippen molar-refractivity contribution in [1.82, 2.24) is 10.1 Å². The molecule has 0 unspecified atom stereocenters. The Morgan fingerprint density at radius 3 is 1.92 bits per heavy atom. The van der Waals surface area contributed by atoms with Crippen molar-refractivity contribution >= 4 is 0 Å². The molecule has 0 aromatic heterocycles. The fraction of sp³-hybridized carbons (Fsp3) is 0.700. The summed E-state index contributed by atoms with van der Waals surface area (Å²) < 4.78 is 0. The first kappa shape index (κ1) is 21.3. The average Bonchev–Trinajstić information content (AvgIpc) is 2.58. The van der Waals surface area contributed by atoms with Crippen molar-refractivity contribution < 1.29 is 19.9 Å². The van der Waals surface area contributed by atoms with E-state index in [0.717, 1.165) is 19.4 Å². The number of benzene rings is 1. The summed E-state index contributed by atoms with van der Waals surface area (Å²) in [5, 5.41) is 19.7. The largest absolute Gasteiger partial charge is 0.394 e. The Balaban J connectivity index is 2.15. The minimum Gasteiger partial charge on any atom is -0.394 e. The summed E-state index contributed by atoms with van der Waals surface area (Å²) in [4.78, 5) is 13.8. The maximum atomic E-state index is 9.09. The van der Waals surface area contributed by atoms with E-state index in [1.54, 1.807) is 0 Å². The van der Waals surface area contributed by atoms with Crippen molar-refractivity contribution in [3.63, 3.8) is 0 Å². The van der Waals surface area contributed by atoms with Crippen molar-refractivity contribution in [3.05, 3.63) is 35.9 Å². The quantitative estimate of drug-likeness (QED) is 0.654. The third kappa shape index (κ3) is 5.49. The van der Waals surface area contributed by atoms with Crippen molar-refractivity contribution in [3.8, 4) is 0 Å². The maximum Gasteiger partial charge on any atom is 0.0942 e. The van der Waals surface area contributed by atoms with Gasteiger partial charge in [0.05, 0.1) is 32.5 Å².